The van der Waals surface area contributed by atoms with Crippen LogP contribution in [0.4, 0.5) is 0 Å². The molecule has 25 heavy (non-hydrogen) atoms. The van der Waals surface area contributed by atoms with Gasteiger partial charge in [-0.1, -0.05) is 36.4 Å². The van der Waals surface area contributed by atoms with Crippen molar-refractivity contribution in [2.24, 2.45) is 5.73 Å². The predicted molar refractivity (Wildman–Crippen MR) is 97.6 cm³/mol. The molecule has 3 rings (SSSR count). The Labute approximate surface area is 146 Å². The summed E-state index contributed by atoms with van der Waals surface area (Å²) in [6, 6.07) is 17.0. The van der Waals surface area contributed by atoms with E-state index < -0.39 is 5.54 Å². The van der Waals surface area contributed by atoms with E-state index in [1.165, 1.54) is 0 Å². The van der Waals surface area contributed by atoms with E-state index in [0.717, 1.165) is 16.7 Å². The second-order valence-corrected chi connectivity index (χ2v) is 6.68. The molecule has 2 aromatic carbocycles. The number of nitrogens with two attached hydrogens (primary N) is 1. The fourth-order valence-electron chi connectivity index (χ4n) is 2.49. The molecule has 3 N–H and O–H groups in total. The van der Waals surface area contributed by atoms with E-state index >= 15 is 0 Å². The van der Waals surface area contributed by atoms with Gasteiger partial charge in [-0.15, -0.1) is 0 Å². The maximum Gasteiger partial charge on any atom is 0.287 e. The number of fused-ring (bicyclic) bond motifs is 1. The Morgan fingerprint density at radius 2 is 1.80 bits per heavy atom. The molecule has 5 heteroatoms. The molecule has 0 aliphatic carbocycles. The predicted octanol–water partition coefficient (Wildman–Crippen LogP) is 3.48. The summed E-state index contributed by atoms with van der Waals surface area (Å²) in [6.45, 7) is 4.30. The second-order valence-electron chi connectivity index (χ2n) is 6.68. The largest absolute Gasteiger partial charge is 0.489 e. The van der Waals surface area contributed by atoms with Gasteiger partial charge in [0.05, 0.1) is 0 Å². The molecule has 0 saturated carbocycles. The average Bonchev–Trinajstić information content (AvgIpc) is 2.97. The summed E-state index contributed by atoms with van der Waals surface area (Å²) in [5, 5.41) is 3.70. The van der Waals surface area contributed by atoms with Gasteiger partial charge in [0.25, 0.3) is 5.91 Å². The molecular weight excluding hydrogens is 316 g/mol. The minimum atomic E-state index is -0.498. The molecule has 0 spiro atoms. The minimum absolute atomic E-state index is 0.246. The van der Waals surface area contributed by atoms with E-state index in [2.05, 4.69) is 5.32 Å². The maximum atomic E-state index is 12.6. The van der Waals surface area contributed by atoms with Crippen molar-refractivity contribution in [3.05, 3.63) is 65.9 Å². The average molecular weight is 338 g/mol. The Kier molecular flexibility index (Phi) is 4.76. The summed E-state index contributed by atoms with van der Waals surface area (Å²) in [5.41, 5.74) is 6.83. The lowest BCUT2D eigenvalue weighted by Gasteiger charge is -2.18. The van der Waals surface area contributed by atoms with E-state index in [1.807, 2.05) is 68.4 Å². The second kappa shape index (κ2) is 6.99. The highest BCUT2D eigenvalue weighted by Gasteiger charge is 2.22. The molecule has 0 unspecified atom stereocenters. The van der Waals surface area contributed by atoms with Crippen LogP contribution in [0.2, 0.25) is 0 Å². The van der Waals surface area contributed by atoms with E-state index in [9.17, 15) is 4.79 Å². The number of hydrogen-bond donors (Lipinski definition) is 2. The molecule has 0 radical (unpaired) electrons. The van der Waals surface area contributed by atoms with Crippen LogP contribution < -0.4 is 15.8 Å². The van der Waals surface area contributed by atoms with Crippen molar-refractivity contribution in [3.8, 4) is 5.75 Å². The molecule has 1 aromatic heterocycles. The maximum absolute atomic E-state index is 12.6. The third kappa shape index (κ3) is 4.19. The van der Waals surface area contributed by atoms with Crippen molar-refractivity contribution in [3.63, 3.8) is 0 Å². The number of nitrogens with one attached hydrogen (secondary N) is 1. The number of hydrogen-bond acceptors (Lipinski definition) is 4. The van der Waals surface area contributed by atoms with Gasteiger partial charge in [-0.3, -0.25) is 4.79 Å². The first-order chi connectivity index (χ1) is 11.9. The summed E-state index contributed by atoms with van der Waals surface area (Å²) in [6.07, 6.45) is 0. The zero-order valence-corrected chi connectivity index (χ0v) is 14.4. The number of carbonyl (C=O) groups excluding carboxylic acids is 1. The quantitative estimate of drug-likeness (QED) is 0.721. The first-order valence-electron chi connectivity index (χ1n) is 8.19. The molecule has 0 atom stereocenters. The number of ether oxygens (including phenoxy) is 1. The number of amides is 1. The fourth-order valence-corrected chi connectivity index (χ4v) is 2.49. The number of para-hydroxylation sites is 2. The lowest BCUT2D eigenvalue weighted by atomic mass is 10.1. The lowest BCUT2D eigenvalue weighted by molar-refractivity contribution is 0.0917. The standard InChI is InChI=1S/C20H22N2O3/c1-20(2,21)13-22-19(23)18-16(12-24-14-8-4-3-5-9-14)15-10-6-7-11-17(15)25-18/h3-11H,12-13,21H2,1-2H3,(H,22,23). The number of rotatable bonds is 6. The van der Waals surface area contributed by atoms with Crippen LogP contribution in [-0.2, 0) is 6.61 Å². The number of carbonyl (C=O) groups is 1. The van der Waals surface area contributed by atoms with Crippen LogP contribution in [0.3, 0.4) is 0 Å². The van der Waals surface area contributed by atoms with Crippen LogP contribution in [0.1, 0.15) is 30.0 Å². The normalized spacial score (nSPS) is 11.5. The summed E-state index contributed by atoms with van der Waals surface area (Å²) in [5.74, 6) is 0.713. The Balaban J connectivity index is 1.88. The Morgan fingerprint density at radius 1 is 1.12 bits per heavy atom. The van der Waals surface area contributed by atoms with Crippen LogP contribution in [-0.4, -0.2) is 18.0 Å². The Bertz CT molecular complexity index is 864. The van der Waals surface area contributed by atoms with E-state index in [0.29, 0.717) is 12.1 Å². The highest BCUT2D eigenvalue weighted by molar-refractivity contribution is 5.99. The SMILES string of the molecule is CC(C)(N)CNC(=O)c1oc2ccccc2c1COc1ccccc1. The lowest BCUT2D eigenvalue weighted by Crippen LogP contribution is -2.45. The summed E-state index contributed by atoms with van der Waals surface area (Å²) in [4.78, 5) is 12.6. The molecule has 0 aliphatic rings. The van der Waals surface area contributed by atoms with Gasteiger partial charge in [0.1, 0.15) is 17.9 Å². The Morgan fingerprint density at radius 3 is 2.52 bits per heavy atom. The van der Waals surface area contributed by atoms with Gasteiger partial charge >= 0.3 is 0 Å². The smallest absolute Gasteiger partial charge is 0.287 e. The number of benzene rings is 2. The van der Waals surface area contributed by atoms with Gasteiger partial charge in [-0.05, 0) is 32.0 Å². The van der Waals surface area contributed by atoms with Crippen LogP contribution in [0.25, 0.3) is 11.0 Å². The molecule has 0 aliphatic heterocycles. The van der Waals surface area contributed by atoms with E-state index in [1.54, 1.807) is 0 Å². The highest BCUT2D eigenvalue weighted by atomic mass is 16.5. The van der Waals surface area contributed by atoms with Crippen LogP contribution in [0, 0.1) is 0 Å². The number of furan rings is 1. The van der Waals surface area contributed by atoms with Gasteiger partial charge in [-0.2, -0.15) is 0 Å². The van der Waals surface area contributed by atoms with Crippen molar-refractivity contribution >= 4 is 16.9 Å². The van der Waals surface area contributed by atoms with Crippen molar-refractivity contribution < 1.29 is 13.9 Å². The molecule has 0 fully saturated rings. The van der Waals surface area contributed by atoms with Gasteiger partial charge in [0.2, 0.25) is 0 Å². The van der Waals surface area contributed by atoms with Gasteiger partial charge in [0, 0.05) is 23.0 Å². The Hall–Kier alpha value is -2.79. The van der Waals surface area contributed by atoms with Crippen molar-refractivity contribution in [1.29, 1.82) is 0 Å². The molecule has 0 saturated heterocycles. The third-order valence-corrected chi connectivity index (χ3v) is 3.74. The van der Waals surface area contributed by atoms with E-state index in [4.69, 9.17) is 14.9 Å². The summed E-state index contributed by atoms with van der Waals surface area (Å²) < 4.78 is 11.6. The molecule has 3 aromatic rings. The van der Waals surface area contributed by atoms with Crippen LogP contribution >= 0.6 is 0 Å². The molecule has 1 heterocycles. The molecule has 5 nitrogen and oxygen atoms in total. The first-order valence-corrected chi connectivity index (χ1v) is 8.19. The third-order valence-electron chi connectivity index (χ3n) is 3.74. The topological polar surface area (TPSA) is 77.5 Å². The van der Waals surface area contributed by atoms with Gasteiger partial charge in [0.15, 0.2) is 5.76 Å². The van der Waals surface area contributed by atoms with Crippen molar-refractivity contribution in [2.45, 2.75) is 26.0 Å². The van der Waals surface area contributed by atoms with E-state index in [-0.39, 0.29) is 18.3 Å². The first kappa shape index (κ1) is 17.0. The zero-order chi connectivity index (χ0) is 17.9. The molecule has 0 bridgehead atoms. The van der Waals surface area contributed by atoms with Crippen LogP contribution in [0.5, 0.6) is 5.75 Å². The zero-order valence-electron chi connectivity index (χ0n) is 14.4. The van der Waals surface area contributed by atoms with Crippen molar-refractivity contribution in [2.75, 3.05) is 6.54 Å². The highest BCUT2D eigenvalue weighted by Crippen LogP contribution is 2.27. The summed E-state index contributed by atoms with van der Waals surface area (Å²) in [7, 11) is 0. The molecule has 1 amide bonds. The minimum Gasteiger partial charge on any atom is -0.489 e. The molecular formula is C20H22N2O3. The summed E-state index contributed by atoms with van der Waals surface area (Å²) >= 11 is 0. The van der Waals surface area contributed by atoms with Crippen LogP contribution in [0.15, 0.2) is 59.0 Å². The van der Waals surface area contributed by atoms with Crippen molar-refractivity contribution in [1.82, 2.24) is 5.32 Å². The van der Waals surface area contributed by atoms with Gasteiger partial charge < -0.3 is 20.2 Å². The van der Waals surface area contributed by atoms with Gasteiger partial charge in [-0.25, -0.2) is 0 Å². The monoisotopic (exact) mass is 338 g/mol. The molecule has 130 valence electrons. The fraction of sp³-hybridized carbons (Fsp3) is 0.250.